The second-order valence-corrected chi connectivity index (χ2v) is 5.68. The molecule has 0 aromatic heterocycles. The zero-order chi connectivity index (χ0) is 16.5. The average Bonchev–Trinajstić information content (AvgIpc) is 2.60. The maximum absolute atomic E-state index is 12.1. The first kappa shape index (κ1) is 17.1. The fraction of sp³-hybridized carbons (Fsp3) is 0.350. The van der Waals surface area contributed by atoms with E-state index >= 15 is 0 Å². The van der Waals surface area contributed by atoms with Crippen molar-refractivity contribution in [1.82, 2.24) is 4.90 Å². The van der Waals surface area contributed by atoms with Crippen LogP contribution in [0.15, 0.2) is 54.6 Å². The first-order chi connectivity index (χ1) is 11.2. The fourth-order valence-corrected chi connectivity index (χ4v) is 2.37. The van der Waals surface area contributed by atoms with Gasteiger partial charge in [-0.05, 0) is 36.1 Å². The van der Waals surface area contributed by atoms with E-state index in [2.05, 4.69) is 19.1 Å². The molecule has 0 fully saturated rings. The third-order valence-electron chi connectivity index (χ3n) is 3.82. The van der Waals surface area contributed by atoms with Crippen molar-refractivity contribution in [2.75, 3.05) is 13.7 Å². The molecule has 23 heavy (non-hydrogen) atoms. The molecule has 0 saturated heterocycles. The van der Waals surface area contributed by atoms with E-state index in [1.165, 1.54) is 5.56 Å². The molecule has 122 valence electrons. The van der Waals surface area contributed by atoms with Crippen LogP contribution in [0.5, 0.6) is 5.75 Å². The second-order valence-electron chi connectivity index (χ2n) is 5.68. The zero-order valence-electron chi connectivity index (χ0n) is 14.0. The number of carbonyl (C=O) groups is 1. The summed E-state index contributed by atoms with van der Waals surface area (Å²) >= 11 is 0. The van der Waals surface area contributed by atoms with E-state index < -0.39 is 0 Å². The van der Waals surface area contributed by atoms with Gasteiger partial charge in [0.2, 0.25) is 5.91 Å². The van der Waals surface area contributed by atoms with E-state index in [1.54, 1.807) is 4.90 Å². The van der Waals surface area contributed by atoms with E-state index in [1.807, 2.05) is 49.5 Å². The largest absolute Gasteiger partial charge is 0.494 e. The lowest BCUT2D eigenvalue weighted by atomic mass is 10.2. The third-order valence-corrected chi connectivity index (χ3v) is 3.82. The number of carbonyl (C=O) groups excluding carboxylic acids is 1. The standard InChI is InChI=1S/C20H25NO2/c1-3-17-11-13-19(14-12-17)23-15-7-10-20(22)21(2)16-18-8-5-4-6-9-18/h4-6,8-9,11-14H,3,7,10,15-16H2,1-2H3. The highest BCUT2D eigenvalue weighted by molar-refractivity contribution is 5.75. The Morgan fingerprint density at radius 3 is 2.35 bits per heavy atom. The molecule has 1 amide bonds. The van der Waals surface area contributed by atoms with Crippen LogP contribution in [-0.2, 0) is 17.8 Å². The highest BCUT2D eigenvalue weighted by Crippen LogP contribution is 2.13. The molecule has 2 aromatic rings. The van der Waals surface area contributed by atoms with Crippen molar-refractivity contribution < 1.29 is 9.53 Å². The van der Waals surface area contributed by atoms with Crippen LogP contribution in [0, 0.1) is 0 Å². The molecular weight excluding hydrogens is 286 g/mol. The normalized spacial score (nSPS) is 10.3. The van der Waals surface area contributed by atoms with Crippen LogP contribution < -0.4 is 4.74 Å². The van der Waals surface area contributed by atoms with Crippen LogP contribution in [0.1, 0.15) is 30.9 Å². The molecule has 0 radical (unpaired) electrons. The van der Waals surface area contributed by atoms with Crippen LogP contribution in [0.25, 0.3) is 0 Å². The molecule has 0 atom stereocenters. The van der Waals surface area contributed by atoms with Gasteiger partial charge in [0.25, 0.3) is 0 Å². The number of rotatable bonds is 8. The molecule has 0 aliphatic heterocycles. The number of nitrogens with zero attached hydrogens (tertiary/aromatic N) is 1. The van der Waals surface area contributed by atoms with Gasteiger partial charge in [-0.3, -0.25) is 4.79 Å². The number of hydrogen-bond acceptors (Lipinski definition) is 2. The van der Waals surface area contributed by atoms with Crippen molar-refractivity contribution in [3.63, 3.8) is 0 Å². The maximum atomic E-state index is 12.1. The number of amides is 1. The van der Waals surface area contributed by atoms with E-state index in [4.69, 9.17) is 4.74 Å². The van der Waals surface area contributed by atoms with E-state index in [0.29, 0.717) is 19.6 Å². The Hall–Kier alpha value is -2.29. The smallest absolute Gasteiger partial charge is 0.222 e. The van der Waals surface area contributed by atoms with Gasteiger partial charge in [0.05, 0.1) is 6.61 Å². The lowest BCUT2D eigenvalue weighted by Crippen LogP contribution is -2.26. The molecule has 0 bridgehead atoms. The first-order valence-electron chi connectivity index (χ1n) is 8.18. The van der Waals surface area contributed by atoms with Gasteiger partial charge in [-0.1, -0.05) is 49.4 Å². The first-order valence-corrected chi connectivity index (χ1v) is 8.18. The Balaban J connectivity index is 1.67. The molecule has 3 nitrogen and oxygen atoms in total. The number of ether oxygens (including phenoxy) is 1. The summed E-state index contributed by atoms with van der Waals surface area (Å²) in [6.07, 6.45) is 2.27. The Kier molecular flexibility index (Phi) is 6.67. The summed E-state index contributed by atoms with van der Waals surface area (Å²) in [6, 6.07) is 18.2. The van der Waals surface area contributed by atoms with Gasteiger partial charge in [0.15, 0.2) is 0 Å². The van der Waals surface area contributed by atoms with Crippen LogP contribution >= 0.6 is 0 Å². The van der Waals surface area contributed by atoms with Gasteiger partial charge >= 0.3 is 0 Å². The average molecular weight is 311 g/mol. The van der Waals surface area contributed by atoms with Crippen LogP contribution in [0.2, 0.25) is 0 Å². The molecule has 0 N–H and O–H groups in total. The lowest BCUT2D eigenvalue weighted by Gasteiger charge is -2.17. The predicted molar refractivity (Wildman–Crippen MR) is 93.5 cm³/mol. The van der Waals surface area contributed by atoms with Gasteiger partial charge in [0.1, 0.15) is 5.75 Å². The van der Waals surface area contributed by atoms with Gasteiger partial charge in [-0.2, -0.15) is 0 Å². The maximum Gasteiger partial charge on any atom is 0.222 e. The van der Waals surface area contributed by atoms with Crippen LogP contribution in [0.3, 0.4) is 0 Å². The fourth-order valence-electron chi connectivity index (χ4n) is 2.37. The molecule has 0 aliphatic carbocycles. The van der Waals surface area contributed by atoms with Crippen molar-refractivity contribution in [3.05, 3.63) is 65.7 Å². The third kappa shape index (κ3) is 5.78. The van der Waals surface area contributed by atoms with Crippen LogP contribution in [-0.4, -0.2) is 24.5 Å². The molecule has 0 aliphatic rings. The molecule has 2 aromatic carbocycles. The quantitative estimate of drug-likeness (QED) is 0.688. The number of hydrogen-bond donors (Lipinski definition) is 0. The minimum atomic E-state index is 0.152. The van der Waals surface area contributed by atoms with Gasteiger partial charge < -0.3 is 9.64 Å². The number of benzene rings is 2. The minimum absolute atomic E-state index is 0.152. The SMILES string of the molecule is CCc1ccc(OCCCC(=O)N(C)Cc2ccccc2)cc1. The van der Waals surface area contributed by atoms with Crippen molar-refractivity contribution >= 4 is 5.91 Å². The van der Waals surface area contributed by atoms with Crippen molar-refractivity contribution in [2.24, 2.45) is 0 Å². The summed E-state index contributed by atoms with van der Waals surface area (Å²) in [6.45, 7) is 3.35. The Morgan fingerprint density at radius 2 is 1.70 bits per heavy atom. The molecular formula is C20H25NO2. The van der Waals surface area contributed by atoms with Gasteiger partial charge in [-0.15, -0.1) is 0 Å². The monoisotopic (exact) mass is 311 g/mol. The molecule has 0 saturated carbocycles. The molecule has 0 heterocycles. The second kappa shape index (κ2) is 8.99. The van der Waals surface area contributed by atoms with Gasteiger partial charge in [0, 0.05) is 20.0 Å². The predicted octanol–water partition coefficient (Wildman–Crippen LogP) is 4.07. The number of aryl methyl sites for hydroxylation is 1. The van der Waals surface area contributed by atoms with E-state index in [-0.39, 0.29) is 5.91 Å². The zero-order valence-corrected chi connectivity index (χ0v) is 14.0. The Labute approximate surface area is 138 Å². The molecule has 0 unspecified atom stereocenters. The topological polar surface area (TPSA) is 29.5 Å². The lowest BCUT2D eigenvalue weighted by molar-refractivity contribution is -0.130. The van der Waals surface area contributed by atoms with E-state index in [9.17, 15) is 4.79 Å². The van der Waals surface area contributed by atoms with Crippen LogP contribution in [0.4, 0.5) is 0 Å². The summed E-state index contributed by atoms with van der Waals surface area (Å²) in [5.74, 6) is 1.02. The highest BCUT2D eigenvalue weighted by Gasteiger charge is 2.08. The summed E-state index contributed by atoms with van der Waals surface area (Å²) in [4.78, 5) is 13.9. The van der Waals surface area contributed by atoms with E-state index in [0.717, 1.165) is 24.2 Å². The minimum Gasteiger partial charge on any atom is -0.494 e. The van der Waals surface area contributed by atoms with Crippen molar-refractivity contribution in [2.45, 2.75) is 32.7 Å². The van der Waals surface area contributed by atoms with Gasteiger partial charge in [-0.25, -0.2) is 0 Å². The van der Waals surface area contributed by atoms with Crippen molar-refractivity contribution in [1.29, 1.82) is 0 Å². The molecule has 2 rings (SSSR count). The molecule has 3 heteroatoms. The Bertz CT molecular complexity index is 593. The highest BCUT2D eigenvalue weighted by atomic mass is 16.5. The Morgan fingerprint density at radius 1 is 1.00 bits per heavy atom. The summed E-state index contributed by atoms with van der Waals surface area (Å²) in [7, 11) is 1.85. The summed E-state index contributed by atoms with van der Waals surface area (Å²) in [5.41, 5.74) is 2.45. The summed E-state index contributed by atoms with van der Waals surface area (Å²) in [5, 5.41) is 0. The molecule has 0 spiro atoms. The van der Waals surface area contributed by atoms with Crippen molar-refractivity contribution in [3.8, 4) is 5.75 Å². The summed E-state index contributed by atoms with van der Waals surface area (Å²) < 4.78 is 5.68.